The normalized spacial score (nSPS) is 18.4. The first-order valence-corrected chi connectivity index (χ1v) is 10.3. The first kappa shape index (κ1) is 20.9. The monoisotopic (exact) mass is 395 g/mol. The quantitative estimate of drug-likeness (QED) is 0.470. The molecule has 0 aliphatic heterocycles. The molecule has 1 N–H and O–H groups in total. The molecule has 2 aromatic rings. The molecule has 2 aromatic carbocycles. The topological polar surface area (TPSA) is 68.1 Å². The summed E-state index contributed by atoms with van der Waals surface area (Å²) in [5, 5.41) is 13.1. The molecule has 1 aliphatic carbocycles. The molecule has 2 unspecified atom stereocenters. The lowest BCUT2D eigenvalue weighted by molar-refractivity contribution is -0.138. The van der Waals surface area contributed by atoms with Gasteiger partial charge < -0.3 is 14.7 Å². The third-order valence-corrected chi connectivity index (χ3v) is 5.53. The van der Waals surface area contributed by atoms with Crippen molar-refractivity contribution >= 4 is 12.2 Å². The van der Waals surface area contributed by atoms with E-state index in [4.69, 9.17) is 9.57 Å². The van der Waals surface area contributed by atoms with E-state index in [1.165, 1.54) is 11.1 Å². The summed E-state index contributed by atoms with van der Waals surface area (Å²) in [5.41, 5.74) is 4.71. The van der Waals surface area contributed by atoms with Gasteiger partial charge in [0.2, 0.25) is 0 Å². The lowest BCUT2D eigenvalue weighted by atomic mass is 9.72. The zero-order chi connectivity index (χ0) is 20.6. The Kier molecular flexibility index (Phi) is 7.28. The van der Waals surface area contributed by atoms with E-state index in [1.807, 2.05) is 31.2 Å². The van der Waals surface area contributed by atoms with E-state index in [0.717, 1.165) is 36.1 Å². The predicted octanol–water partition coefficient (Wildman–Crippen LogP) is 5.17. The van der Waals surface area contributed by atoms with Gasteiger partial charge in [-0.25, -0.2) is 0 Å². The van der Waals surface area contributed by atoms with Crippen molar-refractivity contribution in [1.82, 2.24) is 0 Å². The third-order valence-electron chi connectivity index (χ3n) is 5.53. The summed E-state index contributed by atoms with van der Waals surface area (Å²) in [7, 11) is 0. The van der Waals surface area contributed by atoms with Crippen LogP contribution < -0.4 is 4.74 Å². The SMILES string of the molecule is CCON=Cc1ccc(OCc2ccc3c(c2)C(CC)C(CC(=O)O)CC3)cc1. The molecule has 3 rings (SSSR count). The number of oxime groups is 1. The number of hydrogen-bond donors (Lipinski definition) is 1. The van der Waals surface area contributed by atoms with Crippen LogP contribution in [-0.4, -0.2) is 23.9 Å². The molecule has 0 amide bonds. The van der Waals surface area contributed by atoms with Gasteiger partial charge in [0.25, 0.3) is 0 Å². The molecular formula is C24H29NO4. The van der Waals surface area contributed by atoms with Gasteiger partial charge >= 0.3 is 5.97 Å². The number of carboxylic acid groups (broad SMARTS) is 1. The van der Waals surface area contributed by atoms with Gasteiger partial charge in [0.15, 0.2) is 0 Å². The number of fused-ring (bicyclic) bond motifs is 1. The van der Waals surface area contributed by atoms with E-state index in [2.05, 4.69) is 30.3 Å². The molecule has 5 heteroatoms. The summed E-state index contributed by atoms with van der Waals surface area (Å²) in [6, 6.07) is 14.2. The maximum atomic E-state index is 11.2. The molecule has 0 heterocycles. The number of carboxylic acids is 1. The fourth-order valence-electron chi connectivity index (χ4n) is 4.11. The summed E-state index contributed by atoms with van der Waals surface area (Å²) in [6.45, 7) is 5.08. The van der Waals surface area contributed by atoms with E-state index in [-0.39, 0.29) is 12.3 Å². The number of benzene rings is 2. The lowest BCUT2D eigenvalue weighted by Crippen LogP contribution is -2.23. The van der Waals surface area contributed by atoms with Gasteiger partial charge in [0.1, 0.15) is 19.0 Å². The van der Waals surface area contributed by atoms with Crippen molar-refractivity contribution in [2.24, 2.45) is 11.1 Å². The molecule has 29 heavy (non-hydrogen) atoms. The molecule has 1 aliphatic rings. The van der Waals surface area contributed by atoms with Crippen LogP contribution in [0, 0.1) is 5.92 Å². The molecule has 0 spiro atoms. The second-order valence-corrected chi connectivity index (χ2v) is 7.45. The molecule has 154 valence electrons. The molecule has 5 nitrogen and oxygen atoms in total. The van der Waals surface area contributed by atoms with Gasteiger partial charge in [0, 0.05) is 6.42 Å². The van der Waals surface area contributed by atoms with Crippen LogP contribution in [0.5, 0.6) is 5.75 Å². The summed E-state index contributed by atoms with van der Waals surface area (Å²) in [4.78, 5) is 16.2. The maximum absolute atomic E-state index is 11.2. The molecule has 0 radical (unpaired) electrons. The summed E-state index contributed by atoms with van der Waals surface area (Å²) in [6.07, 6.45) is 4.79. The Balaban J connectivity index is 1.66. The number of hydrogen-bond acceptors (Lipinski definition) is 4. The first-order valence-electron chi connectivity index (χ1n) is 10.3. The number of carbonyl (C=O) groups is 1. The average molecular weight is 395 g/mol. The highest BCUT2D eigenvalue weighted by Crippen LogP contribution is 2.40. The lowest BCUT2D eigenvalue weighted by Gasteiger charge is -2.32. The van der Waals surface area contributed by atoms with Crippen LogP contribution >= 0.6 is 0 Å². The Labute approximate surface area is 172 Å². The third kappa shape index (κ3) is 5.59. The Bertz CT molecular complexity index is 844. The van der Waals surface area contributed by atoms with Crippen LogP contribution in [0.15, 0.2) is 47.6 Å². The van der Waals surface area contributed by atoms with E-state index < -0.39 is 5.97 Å². The maximum Gasteiger partial charge on any atom is 0.303 e. The average Bonchev–Trinajstić information content (AvgIpc) is 2.72. The van der Waals surface area contributed by atoms with Crippen molar-refractivity contribution in [2.75, 3.05) is 6.61 Å². The van der Waals surface area contributed by atoms with Crippen LogP contribution in [-0.2, 0) is 22.7 Å². The van der Waals surface area contributed by atoms with E-state index >= 15 is 0 Å². The zero-order valence-electron chi connectivity index (χ0n) is 17.1. The standard InChI is InChI=1S/C24H29NO4/c1-3-22-20(14-24(26)27)10-9-19-8-5-18(13-23(19)22)16-28-21-11-6-17(7-12-21)15-25-29-4-2/h5-8,11-13,15,20,22H,3-4,9-10,14,16H2,1-2H3,(H,26,27). The van der Waals surface area contributed by atoms with Crippen LogP contribution in [0.4, 0.5) is 0 Å². The van der Waals surface area contributed by atoms with Crippen LogP contribution in [0.25, 0.3) is 0 Å². The summed E-state index contributed by atoms with van der Waals surface area (Å²) >= 11 is 0. The van der Waals surface area contributed by atoms with Gasteiger partial charge in [-0.15, -0.1) is 0 Å². The summed E-state index contributed by atoms with van der Waals surface area (Å²) in [5.74, 6) is 0.615. The molecular weight excluding hydrogens is 366 g/mol. The minimum absolute atomic E-state index is 0.215. The molecule has 0 saturated carbocycles. The number of ether oxygens (including phenoxy) is 1. The van der Waals surface area contributed by atoms with Crippen molar-refractivity contribution < 1.29 is 19.5 Å². The number of aryl methyl sites for hydroxylation is 1. The van der Waals surface area contributed by atoms with E-state index in [9.17, 15) is 9.90 Å². The number of aliphatic carboxylic acids is 1. The van der Waals surface area contributed by atoms with Gasteiger partial charge in [-0.1, -0.05) is 30.3 Å². The van der Waals surface area contributed by atoms with Gasteiger partial charge in [-0.3, -0.25) is 4.79 Å². The molecule has 2 atom stereocenters. The fraction of sp³-hybridized carbons (Fsp3) is 0.417. The Morgan fingerprint density at radius 2 is 2.00 bits per heavy atom. The largest absolute Gasteiger partial charge is 0.489 e. The Hall–Kier alpha value is -2.82. The van der Waals surface area contributed by atoms with Crippen LogP contribution in [0.2, 0.25) is 0 Å². The van der Waals surface area contributed by atoms with Crippen molar-refractivity contribution in [2.45, 2.75) is 52.1 Å². The number of rotatable bonds is 9. The van der Waals surface area contributed by atoms with Crippen molar-refractivity contribution in [3.05, 3.63) is 64.7 Å². The molecule has 0 aromatic heterocycles. The predicted molar refractivity (Wildman–Crippen MR) is 114 cm³/mol. The highest BCUT2D eigenvalue weighted by atomic mass is 16.6. The van der Waals surface area contributed by atoms with Crippen LogP contribution in [0.3, 0.4) is 0 Å². The van der Waals surface area contributed by atoms with Crippen molar-refractivity contribution in [3.8, 4) is 5.75 Å². The molecule has 0 saturated heterocycles. The second kappa shape index (κ2) is 10.1. The number of nitrogens with zero attached hydrogens (tertiary/aromatic N) is 1. The van der Waals surface area contributed by atoms with Crippen LogP contribution in [0.1, 0.15) is 61.3 Å². The fourth-order valence-corrected chi connectivity index (χ4v) is 4.11. The van der Waals surface area contributed by atoms with E-state index in [1.54, 1.807) is 6.21 Å². The van der Waals surface area contributed by atoms with E-state index in [0.29, 0.717) is 19.1 Å². The second-order valence-electron chi connectivity index (χ2n) is 7.45. The van der Waals surface area contributed by atoms with Crippen molar-refractivity contribution in [1.29, 1.82) is 0 Å². The minimum atomic E-state index is -0.703. The molecule has 0 bridgehead atoms. The minimum Gasteiger partial charge on any atom is -0.489 e. The summed E-state index contributed by atoms with van der Waals surface area (Å²) < 4.78 is 5.95. The Morgan fingerprint density at radius 1 is 1.21 bits per heavy atom. The highest BCUT2D eigenvalue weighted by molar-refractivity contribution is 5.79. The van der Waals surface area contributed by atoms with Gasteiger partial charge in [-0.05, 0) is 84.5 Å². The smallest absolute Gasteiger partial charge is 0.303 e. The zero-order valence-corrected chi connectivity index (χ0v) is 17.1. The van der Waals surface area contributed by atoms with Gasteiger partial charge in [0.05, 0.1) is 6.21 Å². The first-order chi connectivity index (χ1) is 14.1. The molecule has 0 fully saturated rings. The Morgan fingerprint density at radius 3 is 2.69 bits per heavy atom. The van der Waals surface area contributed by atoms with Crippen molar-refractivity contribution in [3.63, 3.8) is 0 Å². The van der Waals surface area contributed by atoms with Gasteiger partial charge in [-0.2, -0.15) is 0 Å². The highest BCUT2D eigenvalue weighted by Gasteiger charge is 2.30.